The Bertz CT molecular complexity index is 458. The molecular weight excluding hydrogens is 192 g/mol. The molecule has 0 aliphatic heterocycles. The van der Waals surface area contributed by atoms with E-state index in [0.29, 0.717) is 5.78 Å². The van der Waals surface area contributed by atoms with Crippen LogP contribution in [-0.4, -0.2) is 19.6 Å². The van der Waals surface area contributed by atoms with Gasteiger partial charge in [-0.2, -0.15) is 0 Å². The van der Waals surface area contributed by atoms with Crippen LogP contribution in [0.15, 0.2) is 6.33 Å². The van der Waals surface area contributed by atoms with Gasteiger partial charge < -0.3 is 0 Å². The average Bonchev–Trinajstić information content (AvgIpc) is 2.52. The number of hydrogen-bond acceptors (Lipinski definition) is 5. The lowest BCUT2D eigenvalue weighted by Crippen LogP contribution is -1.91. The quantitative estimate of drug-likeness (QED) is 0.651. The number of fused-ring (bicyclic) bond motifs is 1. The van der Waals surface area contributed by atoms with Crippen LogP contribution in [0, 0.1) is 3.95 Å². The van der Waals surface area contributed by atoms with E-state index in [-0.39, 0.29) is 0 Å². The van der Waals surface area contributed by atoms with Crippen molar-refractivity contribution in [3.8, 4) is 0 Å². The van der Waals surface area contributed by atoms with E-state index >= 15 is 0 Å². The highest BCUT2D eigenvalue weighted by Crippen LogP contribution is 2.08. The fourth-order valence-corrected chi connectivity index (χ4v) is 1.99. The molecule has 0 unspecified atom stereocenters. The third kappa shape index (κ3) is 1.12. The van der Waals surface area contributed by atoms with Gasteiger partial charge in [0.1, 0.15) is 6.33 Å². The minimum atomic E-state index is 0.593. The Balaban J connectivity index is 2.84. The Morgan fingerprint density at radius 3 is 3.25 bits per heavy atom. The number of hydrogen-bond donors (Lipinski definition) is 0. The number of nitrogens with zero attached hydrogens (tertiary/aromatic N) is 4. The fourth-order valence-electron chi connectivity index (χ4n) is 0.869. The molecule has 0 spiro atoms. The molecule has 0 saturated carbocycles. The molecule has 12 heavy (non-hydrogen) atoms. The molecule has 0 aromatic carbocycles. The first-order chi connectivity index (χ1) is 5.81. The lowest BCUT2D eigenvalue weighted by Gasteiger charge is -1.93. The van der Waals surface area contributed by atoms with Gasteiger partial charge in [0.25, 0.3) is 5.78 Å². The van der Waals surface area contributed by atoms with Gasteiger partial charge in [0.2, 0.25) is 0 Å². The molecule has 0 atom stereocenters. The lowest BCUT2D eigenvalue weighted by atomic mass is 10.5. The highest BCUT2D eigenvalue weighted by Gasteiger charge is 2.00. The highest BCUT2D eigenvalue weighted by atomic mass is 32.1. The van der Waals surface area contributed by atoms with Gasteiger partial charge in [-0.05, 0) is 18.6 Å². The van der Waals surface area contributed by atoms with E-state index in [1.54, 1.807) is 10.7 Å². The average molecular weight is 198 g/mol. The Morgan fingerprint density at radius 2 is 2.50 bits per heavy atom. The number of rotatable bonds is 1. The summed E-state index contributed by atoms with van der Waals surface area (Å²) in [5.41, 5.74) is 0. The zero-order valence-corrected chi connectivity index (χ0v) is 8.02. The van der Waals surface area contributed by atoms with Crippen molar-refractivity contribution < 1.29 is 0 Å². The molecule has 0 bridgehead atoms. The van der Waals surface area contributed by atoms with Crippen molar-refractivity contribution in [3.63, 3.8) is 0 Å². The summed E-state index contributed by atoms with van der Waals surface area (Å²) in [5.74, 6) is 0.593. The summed E-state index contributed by atoms with van der Waals surface area (Å²) in [5, 5.41) is 8.56. The first-order valence-corrected chi connectivity index (χ1v) is 4.73. The van der Waals surface area contributed by atoms with E-state index in [2.05, 4.69) is 15.2 Å². The molecule has 4 nitrogen and oxygen atoms in total. The second kappa shape index (κ2) is 2.87. The van der Waals surface area contributed by atoms with Crippen LogP contribution in [0.2, 0.25) is 0 Å². The minimum Gasteiger partial charge on any atom is -0.247 e. The van der Waals surface area contributed by atoms with Gasteiger partial charge in [-0.25, -0.2) is 9.38 Å². The van der Waals surface area contributed by atoms with Crippen LogP contribution in [-0.2, 0) is 6.42 Å². The van der Waals surface area contributed by atoms with Crippen LogP contribution < -0.4 is 0 Å². The van der Waals surface area contributed by atoms with Crippen molar-refractivity contribution in [3.05, 3.63) is 15.3 Å². The van der Waals surface area contributed by atoms with Crippen LogP contribution in [0.25, 0.3) is 5.78 Å². The summed E-state index contributed by atoms with van der Waals surface area (Å²) in [6, 6.07) is 0. The van der Waals surface area contributed by atoms with Crippen molar-refractivity contribution in [2.24, 2.45) is 0 Å². The first kappa shape index (κ1) is 7.75. The van der Waals surface area contributed by atoms with E-state index < -0.39 is 0 Å². The first-order valence-electron chi connectivity index (χ1n) is 3.51. The Hall–Kier alpha value is -0.880. The highest BCUT2D eigenvalue weighted by molar-refractivity contribution is 7.73. The van der Waals surface area contributed by atoms with Gasteiger partial charge in [-0.3, -0.25) is 0 Å². The molecule has 0 amide bonds. The second-order valence-electron chi connectivity index (χ2n) is 2.23. The van der Waals surface area contributed by atoms with E-state index in [4.69, 9.17) is 12.2 Å². The molecule has 0 aliphatic carbocycles. The maximum absolute atomic E-state index is 5.12. The van der Waals surface area contributed by atoms with Crippen molar-refractivity contribution >= 4 is 29.3 Å². The molecule has 2 aromatic heterocycles. The molecule has 2 heterocycles. The van der Waals surface area contributed by atoms with Crippen LogP contribution in [0.5, 0.6) is 0 Å². The third-order valence-electron chi connectivity index (χ3n) is 1.46. The van der Waals surface area contributed by atoms with Gasteiger partial charge >= 0.3 is 0 Å². The second-order valence-corrected chi connectivity index (χ2v) is 3.94. The predicted molar refractivity (Wildman–Crippen MR) is 48.9 cm³/mol. The molecule has 6 heteroatoms. The van der Waals surface area contributed by atoms with Crippen LogP contribution in [0.3, 0.4) is 0 Å². The monoisotopic (exact) mass is 198 g/mol. The zero-order chi connectivity index (χ0) is 8.55. The maximum atomic E-state index is 5.12. The minimum absolute atomic E-state index is 0.593. The summed E-state index contributed by atoms with van der Waals surface area (Å²) < 4.78 is 2.46. The lowest BCUT2D eigenvalue weighted by molar-refractivity contribution is 1.04. The molecule has 0 aliphatic rings. The van der Waals surface area contributed by atoms with E-state index in [1.165, 1.54) is 11.3 Å². The largest absolute Gasteiger partial charge is 0.257 e. The van der Waals surface area contributed by atoms with E-state index in [9.17, 15) is 0 Å². The van der Waals surface area contributed by atoms with Crippen molar-refractivity contribution in [2.75, 3.05) is 0 Å². The Kier molecular flexibility index (Phi) is 1.86. The Labute approximate surface area is 77.9 Å². The van der Waals surface area contributed by atoms with Crippen molar-refractivity contribution in [2.45, 2.75) is 13.3 Å². The normalized spacial score (nSPS) is 10.8. The van der Waals surface area contributed by atoms with Crippen molar-refractivity contribution in [1.29, 1.82) is 0 Å². The Morgan fingerprint density at radius 1 is 1.67 bits per heavy atom. The number of aryl methyl sites for hydroxylation is 1. The summed E-state index contributed by atoms with van der Waals surface area (Å²) >= 11 is 6.62. The standard InChI is InChI=1S/C6H6N4S2/c1-2-4-8-5-9-7-3-10(5)6(11)12-4/h3H,2H2,1H3. The molecule has 2 aromatic rings. The molecule has 0 saturated heterocycles. The van der Waals surface area contributed by atoms with Gasteiger partial charge in [-0.15, -0.1) is 10.2 Å². The van der Waals surface area contributed by atoms with Crippen LogP contribution in [0.1, 0.15) is 11.9 Å². The fraction of sp³-hybridized carbons (Fsp3) is 0.333. The number of aromatic nitrogens is 4. The third-order valence-corrected chi connectivity index (χ3v) is 2.89. The van der Waals surface area contributed by atoms with Gasteiger partial charge in [0, 0.05) is 0 Å². The SMILES string of the molecule is CCc1nc2nncn2c(=S)s1. The zero-order valence-electron chi connectivity index (χ0n) is 6.39. The van der Waals surface area contributed by atoms with Crippen LogP contribution in [0.4, 0.5) is 0 Å². The van der Waals surface area contributed by atoms with Gasteiger partial charge in [0.05, 0.1) is 5.01 Å². The molecule has 0 radical (unpaired) electrons. The van der Waals surface area contributed by atoms with E-state index in [1.807, 2.05) is 6.92 Å². The molecule has 2 rings (SSSR count). The van der Waals surface area contributed by atoms with E-state index in [0.717, 1.165) is 15.4 Å². The summed E-state index contributed by atoms with van der Waals surface area (Å²) in [6.45, 7) is 2.04. The van der Waals surface area contributed by atoms with Gasteiger partial charge in [-0.1, -0.05) is 18.3 Å². The molecule has 0 fully saturated rings. The smallest absolute Gasteiger partial charge is 0.247 e. The van der Waals surface area contributed by atoms with Gasteiger partial charge in [0.15, 0.2) is 3.95 Å². The summed E-state index contributed by atoms with van der Waals surface area (Å²) in [4.78, 5) is 4.26. The predicted octanol–water partition coefficient (Wildman–Crippen LogP) is 1.48. The molecule has 62 valence electrons. The van der Waals surface area contributed by atoms with Crippen molar-refractivity contribution in [1.82, 2.24) is 19.6 Å². The summed E-state index contributed by atoms with van der Waals surface area (Å²) in [7, 11) is 0. The maximum Gasteiger partial charge on any atom is 0.257 e. The molecule has 0 N–H and O–H groups in total. The van der Waals surface area contributed by atoms with Crippen LogP contribution >= 0.6 is 23.6 Å². The topological polar surface area (TPSA) is 43.1 Å². The summed E-state index contributed by atoms with van der Waals surface area (Å²) in [6.07, 6.45) is 2.47. The molecular formula is C6H6N4S2.